The van der Waals surface area contributed by atoms with E-state index in [-0.39, 0.29) is 26.2 Å². The first-order valence-corrected chi connectivity index (χ1v) is 18.3. The van der Waals surface area contributed by atoms with E-state index in [1.165, 1.54) is 0 Å². The maximum atomic E-state index is 10.5. The Hall–Kier alpha value is -4.05. The van der Waals surface area contributed by atoms with Crippen molar-refractivity contribution in [1.82, 2.24) is 0 Å². The molecule has 2 fully saturated rings. The number of rotatable bonds is 16. The first-order chi connectivity index (χ1) is 25.5. The van der Waals surface area contributed by atoms with E-state index in [1.54, 1.807) is 0 Å². The SMILES string of the molecule is CCOc1ccc(Cc2cc([C@]34OC[C@](CCO)(O3)[C@@H](OCc3ccccc3)[C@H](OCc3ccccc3)[C@H]4OCc3ccccc3)ccc2Cl)cc1. The minimum absolute atomic E-state index is 0.130. The standard InChI is InChI=1S/C44H45ClO7/c1-2-47-38-21-18-32(19-22-38)26-36-27-37(20-23-39(36)45)44-42(50-30-35-16-10-5-11-17-35)40(48-28-33-12-6-3-7-13-33)41(43(52-44,24-25-46)31-51-44)49-29-34-14-8-4-9-15-34/h3-23,27,40-42,46H,2,24-26,28-31H2,1H3/t40-,41-,42+,43-,44-/m0/s1. The van der Waals surface area contributed by atoms with Gasteiger partial charge in [0.25, 0.3) is 0 Å². The summed E-state index contributed by atoms with van der Waals surface area (Å²) in [6.07, 6.45) is -1.21. The van der Waals surface area contributed by atoms with Gasteiger partial charge in [0, 0.05) is 23.6 Å². The predicted molar refractivity (Wildman–Crippen MR) is 200 cm³/mol. The van der Waals surface area contributed by atoms with Crippen molar-refractivity contribution in [1.29, 1.82) is 0 Å². The van der Waals surface area contributed by atoms with Gasteiger partial charge in [0.1, 0.15) is 29.7 Å². The maximum Gasteiger partial charge on any atom is 0.225 e. The fraction of sp³-hybridized carbons (Fsp3) is 0.318. The van der Waals surface area contributed by atoms with Crippen molar-refractivity contribution in [2.24, 2.45) is 0 Å². The first kappa shape index (κ1) is 36.3. The van der Waals surface area contributed by atoms with E-state index in [9.17, 15) is 5.11 Å². The highest BCUT2D eigenvalue weighted by molar-refractivity contribution is 6.31. The molecule has 2 heterocycles. The van der Waals surface area contributed by atoms with Crippen LogP contribution in [0, 0.1) is 0 Å². The molecule has 5 aromatic rings. The molecule has 5 atom stereocenters. The van der Waals surface area contributed by atoms with Crippen molar-refractivity contribution < 1.29 is 33.5 Å². The monoisotopic (exact) mass is 720 g/mol. The Balaban J connectivity index is 1.30. The smallest absolute Gasteiger partial charge is 0.225 e. The summed E-state index contributed by atoms with van der Waals surface area (Å²) in [7, 11) is 0. The van der Waals surface area contributed by atoms with Crippen LogP contribution in [0.1, 0.15) is 46.7 Å². The third-order valence-electron chi connectivity index (χ3n) is 9.82. The molecule has 52 heavy (non-hydrogen) atoms. The second-order valence-corrected chi connectivity index (χ2v) is 13.8. The summed E-state index contributed by atoms with van der Waals surface area (Å²) in [6.45, 7) is 3.54. The molecule has 0 aliphatic carbocycles. The fourth-order valence-electron chi connectivity index (χ4n) is 7.24. The normalized spacial score (nSPS) is 23.8. The zero-order valence-electron chi connectivity index (χ0n) is 29.4. The van der Waals surface area contributed by atoms with Gasteiger partial charge in [-0.1, -0.05) is 121 Å². The number of ether oxygens (including phenoxy) is 6. The van der Waals surface area contributed by atoms with Crippen LogP contribution in [0.2, 0.25) is 5.02 Å². The van der Waals surface area contributed by atoms with Crippen LogP contribution >= 0.6 is 11.6 Å². The number of halogens is 1. The Bertz CT molecular complexity index is 1860. The summed E-state index contributed by atoms with van der Waals surface area (Å²) in [5.41, 5.74) is 4.74. The lowest BCUT2D eigenvalue weighted by molar-refractivity contribution is -0.351. The van der Waals surface area contributed by atoms with E-state index < -0.39 is 29.7 Å². The molecular formula is C44H45ClO7. The molecule has 7 rings (SSSR count). The molecule has 0 saturated carbocycles. The summed E-state index contributed by atoms with van der Waals surface area (Å²) in [5.74, 6) is -0.569. The highest BCUT2D eigenvalue weighted by atomic mass is 35.5. The number of fused-ring (bicyclic) bond motifs is 2. The summed E-state index contributed by atoms with van der Waals surface area (Å²) < 4.78 is 40.4. The molecule has 0 unspecified atom stereocenters. The molecular weight excluding hydrogens is 676 g/mol. The van der Waals surface area contributed by atoms with E-state index in [1.807, 2.05) is 128 Å². The quantitative estimate of drug-likeness (QED) is 0.110. The van der Waals surface area contributed by atoms with Crippen molar-refractivity contribution in [3.63, 3.8) is 0 Å². The van der Waals surface area contributed by atoms with Crippen molar-refractivity contribution in [3.8, 4) is 5.75 Å². The van der Waals surface area contributed by atoms with Crippen LogP contribution in [0.15, 0.2) is 133 Å². The van der Waals surface area contributed by atoms with Gasteiger partial charge in [-0.15, -0.1) is 0 Å². The zero-order chi connectivity index (χ0) is 35.8. The molecule has 0 aromatic heterocycles. The van der Waals surface area contributed by atoms with E-state index in [0.717, 1.165) is 39.1 Å². The maximum absolute atomic E-state index is 10.5. The number of aliphatic hydroxyl groups excluding tert-OH is 1. The number of hydrogen-bond acceptors (Lipinski definition) is 7. The Morgan fingerprint density at radius 3 is 1.85 bits per heavy atom. The van der Waals surface area contributed by atoms with Crippen molar-refractivity contribution in [2.45, 2.75) is 69.3 Å². The number of hydrogen-bond donors (Lipinski definition) is 1. The number of benzene rings is 5. The molecule has 270 valence electrons. The topological polar surface area (TPSA) is 75.6 Å². The van der Waals surface area contributed by atoms with Gasteiger partial charge < -0.3 is 33.5 Å². The fourth-order valence-corrected chi connectivity index (χ4v) is 7.42. The van der Waals surface area contributed by atoms with Crippen LogP contribution in [0.5, 0.6) is 5.75 Å². The molecule has 0 spiro atoms. The highest BCUT2D eigenvalue weighted by Gasteiger charge is 2.69. The highest BCUT2D eigenvalue weighted by Crippen LogP contribution is 2.54. The van der Waals surface area contributed by atoms with Crippen molar-refractivity contribution in [3.05, 3.63) is 172 Å². The third kappa shape index (κ3) is 7.97. The van der Waals surface area contributed by atoms with Crippen LogP contribution in [-0.4, -0.2) is 48.8 Å². The van der Waals surface area contributed by atoms with Gasteiger partial charge in [0.2, 0.25) is 5.79 Å². The molecule has 0 amide bonds. The Morgan fingerprint density at radius 1 is 0.692 bits per heavy atom. The predicted octanol–water partition coefficient (Wildman–Crippen LogP) is 8.42. The Labute approximate surface area is 311 Å². The molecule has 2 saturated heterocycles. The van der Waals surface area contributed by atoms with Gasteiger partial charge in [0.15, 0.2) is 0 Å². The van der Waals surface area contributed by atoms with Crippen LogP contribution in [-0.2, 0) is 55.7 Å². The Morgan fingerprint density at radius 2 is 1.27 bits per heavy atom. The van der Waals surface area contributed by atoms with Gasteiger partial charge >= 0.3 is 0 Å². The largest absolute Gasteiger partial charge is 0.494 e. The average Bonchev–Trinajstić information content (AvgIpc) is 3.53. The molecule has 7 nitrogen and oxygen atoms in total. The van der Waals surface area contributed by atoms with Crippen molar-refractivity contribution >= 4 is 11.6 Å². The molecule has 2 bridgehead atoms. The van der Waals surface area contributed by atoms with Crippen LogP contribution in [0.3, 0.4) is 0 Å². The summed E-state index contributed by atoms with van der Waals surface area (Å²) in [4.78, 5) is 0. The van der Waals surface area contributed by atoms with E-state index in [2.05, 4.69) is 12.1 Å². The van der Waals surface area contributed by atoms with Crippen LogP contribution in [0.25, 0.3) is 0 Å². The second-order valence-electron chi connectivity index (χ2n) is 13.4. The van der Waals surface area contributed by atoms with Crippen LogP contribution < -0.4 is 4.74 Å². The average molecular weight is 721 g/mol. The van der Waals surface area contributed by atoms with E-state index in [4.69, 9.17) is 40.0 Å². The van der Waals surface area contributed by atoms with Gasteiger partial charge in [0.05, 0.1) is 33.0 Å². The first-order valence-electron chi connectivity index (χ1n) is 17.9. The molecule has 0 radical (unpaired) electrons. The van der Waals surface area contributed by atoms with E-state index >= 15 is 0 Å². The number of aliphatic hydroxyl groups is 1. The minimum atomic E-state index is -1.39. The van der Waals surface area contributed by atoms with Gasteiger partial charge in [-0.2, -0.15) is 0 Å². The summed E-state index contributed by atoms with van der Waals surface area (Å²) in [6, 6.07) is 44.0. The molecule has 2 aliphatic heterocycles. The summed E-state index contributed by atoms with van der Waals surface area (Å²) in [5, 5.41) is 11.1. The van der Waals surface area contributed by atoms with E-state index in [0.29, 0.717) is 31.3 Å². The molecule has 5 aromatic carbocycles. The molecule has 8 heteroatoms. The van der Waals surface area contributed by atoms with Gasteiger partial charge in [-0.25, -0.2) is 0 Å². The van der Waals surface area contributed by atoms with Crippen LogP contribution in [0.4, 0.5) is 0 Å². The third-order valence-corrected chi connectivity index (χ3v) is 10.2. The summed E-state index contributed by atoms with van der Waals surface area (Å²) >= 11 is 6.87. The lowest BCUT2D eigenvalue weighted by Crippen LogP contribution is -2.66. The lowest BCUT2D eigenvalue weighted by atomic mass is 9.81. The zero-order valence-corrected chi connectivity index (χ0v) is 30.1. The Kier molecular flexibility index (Phi) is 11.7. The van der Waals surface area contributed by atoms with Crippen molar-refractivity contribution in [2.75, 3.05) is 19.8 Å². The molecule has 2 aliphatic rings. The lowest BCUT2D eigenvalue weighted by Gasteiger charge is -2.51. The minimum Gasteiger partial charge on any atom is -0.494 e. The molecule has 1 N–H and O–H groups in total. The van der Waals surface area contributed by atoms with Gasteiger partial charge in [-0.05, 0) is 65.4 Å². The van der Waals surface area contributed by atoms with Gasteiger partial charge in [-0.3, -0.25) is 0 Å². The second kappa shape index (κ2) is 16.7.